The van der Waals surface area contributed by atoms with Crippen LogP contribution in [0.1, 0.15) is 5.56 Å². The molecule has 0 unspecified atom stereocenters. The molecule has 0 radical (unpaired) electrons. The van der Waals surface area contributed by atoms with Crippen LogP contribution in [0.2, 0.25) is 0 Å². The van der Waals surface area contributed by atoms with E-state index in [-0.39, 0.29) is 125 Å². The summed E-state index contributed by atoms with van der Waals surface area (Å²) in [5, 5.41) is 10.3. The average Bonchev–Trinajstić information content (AvgIpc) is 2.31. The van der Waals surface area contributed by atoms with Gasteiger partial charge < -0.3 is 9.29 Å². The molecular weight excluding hydrogens is 402 g/mol. The van der Waals surface area contributed by atoms with Gasteiger partial charge in [0.15, 0.2) is 5.75 Å². The second kappa shape index (κ2) is 9.36. The van der Waals surface area contributed by atoms with E-state index in [1.807, 2.05) is 0 Å². The van der Waals surface area contributed by atoms with E-state index < -0.39 is 20.8 Å². The molecule has 12 heteroatoms. The molecule has 8 nitrogen and oxygen atoms in total. The fourth-order valence-corrected chi connectivity index (χ4v) is 3.18. The first kappa shape index (κ1) is 24.4. The van der Waals surface area contributed by atoms with Gasteiger partial charge in [0.05, 0.1) is 0 Å². The first-order chi connectivity index (χ1) is 9.59. The van der Waals surface area contributed by atoms with Crippen LogP contribution in [0.25, 0.3) is 10.8 Å². The Morgan fingerprint density at radius 3 is 2.04 bits per heavy atom. The summed E-state index contributed by atoms with van der Waals surface area (Å²) in [4.78, 5) is 0. The van der Waals surface area contributed by atoms with Crippen LogP contribution < -0.4 is 4.18 Å². The Morgan fingerprint density at radius 2 is 1.52 bits per heavy atom. The van der Waals surface area contributed by atoms with Gasteiger partial charge >= 0.3 is 124 Å². The van der Waals surface area contributed by atoms with Crippen molar-refractivity contribution < 1.29 is 34.3 Å². The van der Waals surface area contributed by atoms with Crippen LogP contribution in [0.5, 0.6) is 11.5 Å². The molecule has 23 heavy (non-hydrogen) atoms. The van der Waals surface area contributed by atoms with Gasteiger partial charge in [0.1, 0.15) is 5.75 Å². The van der Waals surface area contributed by atoms with Crippen molar-refractivity contribution in [3.05, 3.63) is 35.9 Å². The minimum atomic E-state index is -5.24. The monoisotopic (exact) mass is 414 g/mol. The summed E-state index contributed by atoms with van der Waals surface area (Å²) in [6.45, 7) is 1.45. The SMILES string of the molecule is Cc1cc(O)c2ccccc2c1OS(=O)(=O)OS(=O)(=O)O.[KH].[KH]. The first-order valence-electron chi connectivity index (χ1n) is 5.43. The van der Waals surface area contributed by atoms with E-state index in [9.17, 15) is 21.9 Å². The van der Waals surface area contributed by atoms with Gasteiger partial charge in [-0.2, -0.15) is 16.8 Å². The minimum absolute atomic E-state index is 0. The molecular formula is C11H12K2O8S2. The van der Waals surface area contributed by atoms with Crippen LogP contribution in [-0.4, -0.2) is 129 Å². The molecule has 2 N–H and O–H groups in total. The zero-order valence-electron chi connectivity index (χ0n) is 10.5. The van der Waals surface area contributed by atoms with Gasteiger partial charge in [-0.05, 0) is 18.6 Å². The predicted molar refractivity (Wildman–Crippen MR) is 86.8 cm³/mol. The molecule has 0 aliphatic carbocycles. The summed E-state index contributed by atoms with van der Waals surface area (Å²) in [6, 6.07) is 7.43. The van der Waals surface area contributed by atoms with Crippen LogP contribution in [0.4, 0.5) is 0 Å². The zero-order valence-corrected chi connectivity index (χ0v) is 12.2. The van der Waals surface area contributed by atoms with Crippen LogP contribution in [0, 0.1) is 6.92 Å². The second-order valence-electron chi connectivity index (χ2n) is 4.07. The Hall–Kier alpha value is 1.39. The molecule has 0 saturated carbocycles. The van der Waals surface area contributed by atoms with E-state index >= 15 is 0 Å². The Kier molecular flexibility index (Phi) is 9.93. The van der Waals surface area contributed by atoms with E-state index in [0.29, 0.717) is 5.39 Å². The molecule has 0 aliphatic rings. The van der Waals surface area contributed by atoms with E-state index in [1.165, 1.54) is 25.1 Å². The normalized spacial score (nSPS) is 11.4. The molecule has 0 fully saturated rings. The number of benzene rings is 2. The van der Waals surface area contributed by atoms with Crippen molar-refractivity contribution >= 4 is 134 Å². The molecule has 0 saturated heterocycles. The molecule has 0 heterocycles. The predicted octanol–water partition coefficient (Wildman–Crippen LogP) is -0.000180. The number of hydrogen-bond acceptors (Lipinski definition) is 7. The van der Waals surface area contributed by atoms with Crippen molar-refractivity contribution in [1.29, 1.82) is 0 Å². The molecule has 0 bridgehead atoms. The van der Waals surface area contributed by atoms with E-state index in [4.69, 9.17) is 4.55 Å². The van der Waals surface area contributed by atoms with Crippen molar-refractivity contribution in [3.8, 4) is 11.5 Å². The van der Waals surface area contributed by atoms with Crippen LogP contribution in [0.15, 0.2) is 30.3 Å². The number of aromatic hydroxyl groups is 1. The maximum absolute atomic E-state index is 11.5. The number of rotatable bonds is 4. The summed E-state index contributed by atoms with van der Waals surface area (Å²) >= 11 is 0. The summed E-state index contributed by atoms with van der Waals surface area (Å²) in [5.74, 6) is -0.310. The van der Waals surface area contributed by atoms with Crippen molar-refractivity contribution in [2.45, 2.75) is 6.92 Å². The zero-order chi connectivity index (χ0) is 15.8. The van der Waals surface area contributed by atoms with Gasteiger partial charge in [-0.1, -0.05) is 27.9 Å². The Labute approximate surface area is 218 Å². The van der Waals surface area contributed by atoms with Gasteiger partial charge in [-0.15, -0.1) is 0 Å². The molecule has 0 aromatic heterocycles. The van der Waals surface area contributed by atoms with Crippen LogP contribution in [-0.2, 0) is 24.4 Å². The first-order valence-corrected chi connectivity index (χ1v) is 8.13. The maximum atomic E-state index is 11.5. The fraction of sp³-hybridized carbons (Fsp3) is 0.0909. The fourth-order valence-electron chi connectivity index (χ4n) is 1.80. The van der Waals surface area contributed by atoms with E-state index in [0.717, 1.165) is 0 Å². The Morgan fingerprint density at radius 1 is 1.00 bits per heavy atom. The van der Waals surface area contributed by atoms with Gasteiger partial charge in [0.2, 0.25) is 0 Å². The number of phenols is 1. The molecule has 0 spiro atoms. The Balaban J connectivity index is 0.00000242. The summed E-state index contributed by atoms with van der Waals surface area (Å²) in [5.41, 5.74) is 0.230. The molecule has 2 aromatic rings. The van der Waals surface area contributed by atoms with Crippen molar-refractivity contribution in [3.63, 3.8) is 0 Å². The average molecular weight is 415 g/mol. The summed E-state index contributed by atoms with van der Waals surface area (Å²) in [7, 11) is -10.3. The molecule has 2 rings (SSSR count). The van der Waals surface area contributed by atoms with Gasteiger partial charge in [0, 0.05) is 10.8 Å². The third-order valence-corrected chi connectivity index (χ3v) is 4.24. The number of fused-ring (bicyclic) bond motifs is 1. The van der Waals surface area contributed by atoms with Gasteiger partial charge in [-0.3, -0.25) is 4.55 Å². The number of hydrogen-bond donors (Lipinski definition) is 2. The van der Waals surface area contributed by atoms with Gasteiger partial charge in [0.25, 0.3) is 0 Å². The third-order valence-electron chi connectivity index (χ3n) is 2.51. The van der Waals surface area contributed by atoms with E-state index in [2.05, 4.69) is 7.81 Å². The molecule has 0 atom stereocenters. The quantitative estimate of drug-likeness (QED) is 0.529. The van der Waals surface area contributed by atoms with Gasteiger partial charge in [-0.25, -0.2) is 0 Å². The standard InChI is InChI=1S/C11H10O8S2.2K.2H/c1-7-6-10(12)8-4-2-3-5-9(8)11(7)18-21(16,17)19-20(13,14)15;;;;/h2-6,12H,1H3,(H,13,14,15);;;;. The third kappa shape index (κ3) is 6.90. The van der Waals surface area contributed by atoms with Crippen molar-refractivity contribution in [1.82, 2.24) is 0 Å². The topological polar surface area (TPSA) is 127 Å². The molecule has 0 amide bonds. The van der Waals surface area contributed by atoms with Crippen LogP contribution >= 0.6 is 0 Å². The molecule has 0 aliphatic heterocycles. The summed E-state index contributed by atoms with van der Waals surface area (Å²) < 4.78 is 60.3. The van der Waals surface area contributed by atoms with E-state index in [1.54, 1.807) is 12.1 Å². The van der Waals surface area contributed by atoms with Crippen molar-refractivity contribution in [2.75, 3.05) is 0 Å². The Bertz CT molecular complexity index is 909. The summed E-state index contributed by atoms with van der Waals surface area (Å²) in [6.07, 6.45) is 0. The molecule has 2 aromatic carbocycles. The second-order valence-corrected chi connectivity index (χ2v) is 6.46. The number of phenolic OH excluding ortho intramolecular Hbond substituents is 1. The van der Waals surface area contributed by atoms with Crippen LogP contribution in [0.3, 0.4) is 0 Å². The van der Waals surface area contributed by atoms with Crippen molar-refractivity contribution in [2.24, 2.45) is 0 Å². The molecule has 118 valence electrons. The number of aryl methyl sites for hydroxylation is 1.